The van der Waals surface area contributed by atoms with E-state index in [1.807, 2.05) is 0 Å². The van der Waals surface area contributed by atoms with Crippen molar-refractivity contribution < 1.29 is 13.2 Å². The molecule has 0 spiro atoms. The van der Waals surface area contributed by atoms with Gasteiger partial charge in [0.2, 0.25) is 0 Å². The highest BCUT2D eigenvalue weighted by atomic mass is 35.5. The summed E-state index contributed by atoms with van der Waals surface area (Å²) in [6, 6.07) is 12.6. The van der Waals surface area contributed by atoms with Gasteiger partial charge in [0.1, 0.15) is 0 Å². The van der Waals surface area contributed by atoms with Crippen molar-refractivity contribution >= 4 is 50.4 Å². The van der Waals surface area contributed by atoms with Gasteiger partial charge >= 0.3 is 6.03 Å². The van der Waals surface area contributed by atoms with Crippen LogP contribution in [0, 0.1) is 0 Å². The first-order valence-corrected chi connectivity index (χ1v) is 10.3. The second kappa shape index (κ2) is 5.90. The number of fused-ring (bicyclic) bond motifs is 1. The van der Waals surface area contributed by atoms with E-state index in [1.165, 1.54) is 0 Å². The zero-order valence-electron chi connectivity index (χ0n) is 13.0. The van der Waals surface area contributed by atoms with Crippen LogP contribution in [0.2, 0.25) is 10.0 Å². The van der Waals surface area contributed by atoms with Crippen LogP contribution in [0.15, 0.2) is 48.5 Å². The van der Waals surface area contributed by atoms with Gasteiger partial charge in [-0.1, -0.05) is 23.2 Å². The number of rotatable bonds is 2. The fourth-order valence-electron chi connectivity index (χ4n) is 3.51. The Kier molecular flexibility index (Phi) is 3.94. The van der Waals surface area contributed by atoms with Crippen LogP contribution in [0.25, 0.3) is 0 Å². The molecule has 2 heterocycles. The normalized spacial score (nSPS) is 24.6. The maximum atomic E-state index is 13.1. The van der Waals surface area contributed by atoms with Gasteiger partial charge in [-0.25, -0.2) is 13.2 Å². The quantitative estimate of drug-likeness (QED) is 0.728. The molecular weight excluding hydrogens is 383 g/mol. The number of nitrogens with zero attached hydrogens (tertiary/aromatic N) is 2. The molecule has 2 aromatic carbocycles. The van der Waals surface area contributed by atoms with Gasteiger partial charge in [0.15, 0.2) is 9.84 Å². The van der Waals surface area contributed by atoms with Crippen molar-refractivity contribution in [2.75, 3.05) is 21.3 Å². The molecule has 0 aliphatic carbocycles. The summed E-state index contributed by atoms with van der Waals surface area (Å²) in [5.74, 6) is -0.0910. The van der Waals surface area contributed by atoms with Gasteiger partial charge in [0, 0.05) is 21.4 Å². The lowest BCUT2D eigenvalue weighted by Crippen LogP contribution is -2.37. The molecule has 2 fully saturated rings. The van der Waals surface area contributed by atoms with Crippen LogP contribution in [-0.4, -0.2) is 38.0 Å². The Morgan fingerprint density at radius 1 is 0.760 bits per heavy atom. The van der Waals surface area contributed by atoms with Crippen molar-refractivity contribution in [2.24, 2.45) is 0 Å². The first-order valence-electron chi connectivity index (χ1n) is 7.70. The maximum absolute atomic E-state index is 13.1. The number of halogens is 2. The lowest BCUT2D eigenvalue weighted by atomic mass is 10.1. The fourth-order valence-corrected chi connectivity index (χ4v) is 5.68. The number of urea groups is 1. The van der Waals surface area contributed by atoms with E-state index in [4.69, 9.17) is 23.2 Å². The number of amides is 2. The van der Waals surface area contributed by atoms with Gasteiger partial charge in [-0.15, -0.1) is 0 Å². The van der Waals surface area contributed by atoms with Gasteiger partial charge in [0.05, 0.1) is 23.6 Å². The zero-order valence-corrected chi connectivity index (χ0v) is 15.3. The van der Waals surface area contributed by atoms with Crippen molar-refractivity contribution in [2.45, 2.75) is 12.1 Å². The second-order valence-electron chi connectivity index (χ2n) is 6.19. The molecule has 5 nitrogen and oxygen atoms in total. The van der Waals surface area contributed by atoms with E-state index in [2.05, 4.69) is 0 Å². The topological polar surface area (TPSA) is 57.7 Å². The van der Waals surface area contributed by atoms with Crippen molar-refractivity contribution in [3.05, 3.63) is 58.6 Å². The molecule has 25 heavy (non-hydrogen) atoms. The molecule has 4 rings (SSSR count). The van der Waals surface area contributed by atoms with Crippen LogP contribution >= 0.6 is 23.2 Å². The number of hydrogen-bond donors (Lipinski definition) is 0. The highest BCUT2D eigenvalue weighted by Gasteiger charge is 2.54. The van der Waals surface area contributed by atoms with Crippen molar-refractivity contribution in [3.8, 4) is 0 Å². The lowest BCUT2D eigenvalue weighted by molar-refractivity contribution is 0.255. The summed E-state index contributed by atoms with van der Waals surface area (Å²) in [6.45, 7) is 0. The van der Waals surface area contributed by atoms with E-state index >= 15 is 0 Å². The first kappa shape index (κ1) is 16.7. The average Bonchev–Trinajstić information content (AvgIpc) is 2.99. The molecule has 2 aromatic rings. The molecule has 2 saturated heterocycles. The van der Waals surface area contributed by atoms with Crippen LogP contribution in [0.4, 0.5) is 16.2 Å². The Balaban J connectivity index is 1.79. The monoisotopic (exact) mass is 396 g/mol. The predicted molar refractivity (Wildman–Crippen MR) is 99.5 cm³/mol. The molecule has 2 amide bonds. The molecule has 0 unspecified atom stereocenters. The van der Waals surface area contributed by atoms with Gasteiger partial charge in [-0.2, -0.15) is 0 Å². The smallest absolute Gasteiger partial charge is 0.288 e. The Hall–Kier alpha value is -1.76. The van der Waals surface area contributed by atoms with Crippen LogP contribution in [-0.2, 0) is 9.84 Å². The van der Waals surface area contributed by atoms with Gasteiger partial charge in [0.25, 0.3) is 0 Å². The minimum Gasteiger partial charge on any atom is -0.288 e. The number of hydrogen-bond acceptors (Lipinski definition) is 3. The number of anilines is 2. The van der Waals surface area contributed by atoms with E-state index in [1.54, 1.807) is 58.3 Å². The maximum Gasteiger partial charge on any atom is 0.329 e. The summed E-state index contributed by atoms with van der Waals surface area (Å²) >= 11 is 11.9. The molecule has 0 radical (unpaired) electrons. The summed E-state index contributed by atoms with van der Waals surface area (Å²) in [6.07, 6.45) is 0. The summed E-state index contributed by atoms with van der Waals surface area (Å²) in [5, 5.41) is 1.11. The highest BCUT2D eigenvalue weighted by molar-refractivity contribution is 7.91. The van der Waals surface area contributed by atoms with E-state index < -0.39 is 21.9 Å². The van der Waals surface area contributed by atoms with E-state index in [0.717, 1.165) is 0 Å². The van der Waals surface area contributed by atoms with Crippen molar-refractivity contribution in [1.29, 1.82) is 0 Å². The molecule has 0 N–H and O–H groups in total. The van der Waals surface area contributed by atoms with E-state index in [9.17, 15) is 13.2 Å². The van der Waals surface area contributed by atoms with Gasteiger partial charge in [-0.05, 0) is 48.5 Å². The Labute approximate surface area is 155 Å². The fraction of sp³-hybridized carbons (Fsp3) is 0.235. The zero-order chi connectivity index (χ0) is 17.8. The SMILES string of the molecule is O=C1N(c2ccc(Cl)cc2)[C@@H]2CS(=O)(=O)C[C@@H]2N1c1ccc(Cl)cc1. The Morgan fingerprint density at radius 2 is 1.12 bits per heavy atom. The molecule has 2 aliphatic rings. The summed E-state index contributed by atoms with van der Waals surface area (Å²) in [4.78, 5) is 16.2. The molecule has 130 valence electrons. The van der Waals surface area contributed by atoms with Gasteiger partial charge in [-0.3, -0.25) is 9.80 Å². The van der Waals surface area contributed by atoms with Crippen LogP contribution < -0.4 is 9.80 Å². The molecule has 8 heteroatoms. The second-order valence-corrected chi connectivity index (χ2v) is 9.21. The molecule has 0 aromatic heterocycles. The number of benzene rings is 2. The standard InChI is InChI=1S/C17H14Cl2N2O3S/c18-11-1-5-13(6-2-11)20-15-9-25(23,24)10-16(15)21(17(20)22)14-7-3-12(19)4-8-14/h1-8,15-16H,9-10H2/t15-,16+. The lowest BCUT2D eigenvalue weighted by Gasteiger charge is -2.22. The third kappa shape index (κ3) is 2.88. The number of carbonyl (C=O) groups is 1. The minimum absolute atomic E-state index is 0.0455. The minimum atomic E-state index is -3.21. The van der Waals surface area contributed by atoms with Gasteiger partial charge < -0.3 is 0 Å². The number of carbonyl (C=O) groups excluding carboxylic acids is 1. The molecule has 0 bridgehead atoms. The first-order chi connectivity index (χ1) is 11.9. The van der Waals surface area contributed by atoms with Crippen LogP contribution in [0.1, 0.15) is 0 Å². The predicted octanol–water partition coefficient (Wildman–Crippen LogP) is 3.61. The largest absolute Gasteiger partial charge is 0.329 e. The molecule has 0 saturated carbocycles. The summed E-state index contributed by atoms with van der Waals surface area (Å²) in [5.41, 5.74) is 1.27. The number of sulfone groups is 1. The average molecular weight is 397 g/mol. The van der Waals surface area contributed by atoms with Crippen molar-refractivity contribution in [1.82, 2.24) is 0 Å². The van der Waals surface area contributed by atoms with Crippen molar-refractivity contribution in [3.63, 3.8) is 0 Å². The third-order valence-corrected chi connectivity index (χ3v) is 6.78. The third-order valence-electron chi connectivity index (χ3n) is 4.58. The summed E-state index contributed by atoms with van der Waals surface area (Å²) in [7, 11) is -3.21. The molecule has 2 atom stereocenters. The van der Waals surface area contributed by atoms with Crippen LogP contribution in [0.3, 0.4) is 0 Å². The Morgan fingerprint density at radius 3 is 1.48 bits per heavy atom. The van der Waals surface area contributed by atoms with E-state index in [-0.39, 0.29) is 17.5 Å². The molecular formula is C17H14Cl2N2O3S. The van der Waals surface area contributed by atoms with Crippen LogP contribution in [0.5, 0.6) is 0 Å². The van der Waals surface area contributed by atoms with E-state index in [0.29, 0.717) is 21.4 Å². The Bertz CT molecular complexity index is 860. The summed E-state index contributed by atoms with van der Waals surface area (Å²) < 4.78 is 24.4. The molecule has 2 aliphatic heterocycles. The highest BCUT2D eigenvalue weighted by Crippen LogP contribution is 2.38.